The van der Waals surface area contributed by atoms with Crippen LogP contribution in [0.1, 0.15) is 5.56 Å². The molecule has 0 saturated carbocycles. The third-order valence-corrected chi connectivity index (χ3v) is 4.33. The van der Waals surface area contributed by atoms with Crippen molar-refractivity contribution in [2.24, 2.45) is 0 Å². The average Bonchev–Trinajstić information content (AvgIpc) is 2.48. The zero-order valence-corrected chi connectivity index (χ0v) is 14.0. The van der Waals surface area contributed by atoms with Crippen molar-refractivity contribution in [3.63, 3.8) is 0 Å². The molecule has 21 heavy (non-hydrogen) atoms. The monoisotopic (exact) mass is 350 g/mol. The molecule has 118 valence electrons. The number of carbonyl (C=O) groups excluding carboxylic acids is 1. The van der Waals surface area contributed by atoms with Gasteiger partial charge in [-0.05, 0) is 11.6 Å². The maximum absolute atomic E-state index is 11.7. The number of amides is 1. The molecule has 1 heterocycles. The summed E-state index contributed by atoms with van der Waals surface area (Å²) in [5.41, 5.74) is 1.06. The summed E-state index contributed by atoms with van der Waals surface area (Å²) < 4.78 is 5.52. The molecule has 0 spiro atoms. The second kappa shape index (κ2) is 10.3. The first-order chi connectivity index (χ1) is 9.75. The van der Waals surface area contributed by atoms with Crippen LogP contribution in [0, 0.1) is 0 Å². The quantitative estimate of drug-likeness (QED) is 0.824. The van der Waals surface area contributed by atoms with Gasteiger partial charge >= 0.3 is 0 Å². The van der Waals surface area contributed by atoms with Crippen molar-refractivity contribution >= 4 is 41.7 Å². The highest BCUT2D eigenvalue weighted by Gasteiger charge is 2.14. The van der Waals surface area contributed by atoms with Gasteiger partial charge in [-0.15, -0.1) is 24.2 Å². The summed E-state index contributed by atoms with van der Waals surface area (Å²) in [6, 6.07) is 7.70. The Kier molecular flexibility index (Phi) is 9.11. The van der Waals surface area contributed by atoms with Crippen LogP contribution in [0.25, 0.3) is 0 Å². The van der Waals surface area contributed by atoms with E-state index < -0.39 is 0 Å². The van der Waals surface area contributed by atoms with E-state index in [9.17, 15) is 4.79 Å². The van der Waals surface area contributed by atoms with E-state index in [0.717, 1.165) is 29.4 Å². The van der Waals surface area contributed by atoms with Crippen LogP contribution in [-0.4, -0.2) is 44.0 Å². The summed E-state index contributed by atoms with van der Waals surface area (Å²) >= 11 is 7.63. The van der Waals surface area contributed by atoms with E-state index in [-0.39, 0.29) is 24.4 Å². The Morgan fingerprint density at radius 3 is 3.00 bits per heavy atom. The number of thioether (sulfide) groups is 1. The van der Waals surface area contributed by atoms with Crippen LogP contribution in [-0.2, 0) is 15.3 Å². The number of carbonyl (C=O) groups is 1. The van der Waals surface area contributed by atoms with Crippen molar-refractivity contribution < 1.29 is 9.53 Å². The Labute approximate surface area is 140 Å². The maximum Gasteiger partial charge on any atom is 0.230 e. The Morgan fingerprint density at radius 1 is 1.48 bits per heavy atom. The molecule has 2 rings (SSSR count). The molecule has 1 aliphatic heterocycles. The molecule has 1 amide bonds. The highest BCUT2D eigenvalue weighted by molar-refractivity contribution is 7.99. The second-order valence-electron chi connectivity index (χ2n) is 4.59. The van der Waals surface area contributed by atoms with Gasteiger partial charge in [0.05, 0.1) is 18.5 Å². The first kappa shape index (κ1) is 18.6. The normalized spacial score (nSPS) is 17.9. The number of rotatable bonds is 6. The minimum absolute atomic E-state index is 0. The Balaban J connectivity index is 0.00000220. The maximum atomic E-state index is 11.7. The third-order valence-electron chi connectivity index (χ3n) is 2.98. The third kappa shape index (κ3) is 6.89. The lowest BCUT2D eigenvalue weighted by molar-refractivity contribution is -0.119. The fourth-order valence-electron chi connectivity index (χ4n) is 1.90. The smallest absolute Gasteiger partial charge is 0.230 e. The molecule has 0 aromatic heterocycles. The van der Waals surface area contributed by atoms with Gasteiger partial charge in [-0.25, -0.2) is 0 Å². The zero-order valence-electron chi connectivity index (χ0n) is 11.6. The van der Waals surface area contributed by atoms with Gasteiger partial charge in [0, 0.05) is 30.4 Å². The standard InChI is InChI=1S/C14H19ClN2O2S.ClH/c15-13-4-2-1-3-11(13)9-20-10-14(18)17-8-12-7-16-5-6-19-12;/h1-4,12,16H,5-10H2,(H,17,18);1H. The number of hydrogen-bond acceptors (Lipinski definition) is 4. The van der Waals surface area contributed by atoms with E-state index >= 15 is 0 Å². The minimum atomic E-state index is 0. The molecular formula is C14H20Cl2N2O2S. The molecule has 0 bridgehead atoms. The fourth-order valence-corrected chi connectivity index (χ4v) is 3.04. The molecule has 2 N–H and O–H groups in total. The molecule has 1 saturated heterocycles. The first-order valence-electron chi connectivity index (χ1n) is 6.66. The van der Waals surface area contributed by atoms with Crippen molar-refractivity contribution in [2.45, 2.75) is 11.9 Å². The molecule has 1 atom stereocenters. The summed E-state index contributed by atoms with van der Waals surface area (Å²) in [4.78, 5) is 11.7. The van der Waals surface area contributed by atoms with Gasteiger partial charge in [0.25, 0.3) is 0 Å². The molecule has 1 fully saturated rings. The van der Waals surface area contributed by atoms with Crippen molar-refractivity contribution in [1.29, 1.82) is 0 Å². The fraction of sp³-hybridized carbons (Fsp3) is 0.500. The lowest BCUT2D eigenvalue weighted by Gasteiger charge is -2.23. The summed E-state index contributed by atoms with van der Waals surface area (Å²) in [5, 5.41) is 6.88. The number of morpholine rings is 1. The van der Waals surface area contributed by atoms with Gasteiger partial charge in [-0.2, -0.15) is 0 Å². The van der Waals surface area contributed by atoms with Crippen LogP contribution in [0.4, 0.5) is 0 Å². The molecule has 1 aliphatic rings. The van der Waals surface area contributed by atoms with Gasteiger partial charge in [0.1, 0.15) is 0 Å². The number of hydrogen-bond donors (Lipinski definition) is 2. The first-order valence-corrected chi connectivity index (χ1v) is 8.19. The number of ether oxygens (including phenoxy) is 1. The topological polar surface area (TPSA) is 50.4 Å². The molecule has 0 radical (unpaired) electrons. The van der Waals surface area contributed by atoms with Gasteiger partial charge in [0.2, 0.25) is 5.91 Å². The van der Waals surface area contributed by atoms with Crippen LogP contribution in [0.15, 0.2) is 24.3 Å². The predicted molar refractivity (Wildman–Crippen MR) is 90.5 cm³/mol. The molecule has 1 unspecified atom stereocenters. The molecule has 7 heteroatoms. The van der Waals surface area contributed by atoms with E-state index in [1.165, 1.54) is 0 Å². The van der Waals surface area contributed by atoms with Gasteiger partial charge in [-0.1, -0.05) is 29.8 Å². The van der Waals surface area contributed by atoms with E-state index in [1.54, 1.807) is 11.8 Å². The largest absolute Gasteiger partial charge is 0.374 e. The molecule has 1 aromatic rings. The van der Waals surface area contributed by atoms with Crippen LogP contribution >= 0.6 is 35.8 Å². The Hall–Kier alpha value is -0.460. The highest BCUT2D eigenvalue weighted by atomic mass is 35.5. The van der Waals surface area contributed by atoms with Crippen molar-refractivity contribution in [3.8, 4) is 0 Å². The number of nitrogens with one attached hydrogen (secondary N) is 2. The number of halogens is 2. The second-order valence-corrected chi connectivity index (χ2v) is 5.98. The Bertz CT molecular complexity index is 443. The summed E-state index contributed by atoms with van der Waals surface area (Å²) in [7, 11) is 0. The summed E-state index contributed by atoms with van der Waals surface area (Å²) in [6.07, 6.45) is 0.0845. The van der Waals surface area contributed by atoms with Crippen LogP contribution < -0.4 is 10.6 Å². The van der Waals surface area contributed by atoms with E-state index in [2.05, 4.69) is 10.6 Å². The van der Waals surface area contributed by atoms with Gasteiger partial charge in [-0.3, -0.25) is 4.79 Å². The lowest BCUT2D eigenvalue weighted by Crippen LogP contribution is -2.45. The highest BCUT2D eigenvalue weighted by Crippen LogP contribution is 2.20. The molecular weight excluding hydrogens is 331 g/mol. The summed E-state index contributed by atoms with van der Waals surface area (Å²) in [6.45, 7) is 2.96. The lowest BCUT2D eigenvalue weighted by atomic mass is 10.2. The molecule has 4 nitrogen and oxygen atoms in total. The number of benzene rings is 1. The minimum Gasteiger partial charge on any atom is -0.374 e. The molecule has 0 aliphatic carbocycles. The van der Waals surface area contributed by atoms with Crippen molar-refractivity contribution in [1.82, 2.24) is 10.6 Å². The predicted octanol–water partition coefficient (Wildman–Crippen LogP) is 2.10. The van der Waals surface area contributed by atoms with Crippen LogP contribution in [0.3, 0.4) is 0 Å². The van der Waals surface area contributed by atoms with E-state index in [0.29, 0.717) is 18.9 Å². The summed E-state index contributed by atoms with van der Waals surface area (Å²) in [5.74, 6) is 1.22. The van der Waals surface area contributed by atoms with E-state index in [1.807, 2.05) is 24.3 Å². The Morgan fingerprint density at radius 2 is 2.29 bits per heavy atom. The van der Waals surface area contributed by atoms with Gasteiger partial charge in [0.15, 0.2) is 0 Å². The van der Waals surface area contributed by atoms with Crippen LogP contribution in [0.2, 0.25) is 5.02 Å². The van der Waals surface area contributed by atoms with Crippen molar-refractivity contribution in [3.05, 3.63) is 34.9 Å². The SMILES string of the molecule is Cl.O=C(CSCc1ccccc1Cl)NCC1CNCCO1. The van der Waals surface area contributed by atoms with Gasteiger partial charge < -0.3 is 15.4 Å². The van der Waals surface area contributed by atoms with E-state index in [4.69, 9.17) is 16.3 Å². The average molecular weight is 351 g/mol. The molecule has 1 aromatic carbocycles. The zero-order chi connectivity index (χ0) is 14.2. The van der Waals surface area contributed by atoms with Crippen LogP contribution in [0.5, 0.6) is 0 Å². The van der Waals surface area contributed by atoms with Crippen molar-refractivity contribution in [2.75, 3.05) is 32.0 Å².